The van der Waals surface area contributed by atoms with Crippen molar-refractivity contribution in [2.45, 2.75) is 26.3 Å². The molecule has 0 spiro atoms. The average molecular weight is 501 g/mol. The summed E-state index contributed by atoms with van der Waals surface area (Å²) in [6.07, 6.45) is 0.746. The molecular formula is C23H25BrN4O4. The van der Waals surface area contributed by atoms with Crippen molar-refractivity contribution in [3.05, 3.63) is 69.8 Å². The normalized spacial score (nSPS) is 15.8. The topological polar surface area (TPSA) is 99.8 Å². The Bertz CT molecular complexity index is 1070. The predicted molar refractivity (Wildman–Crippen MR) is 126 cm³/mol. The summed E-state index contributed by atoms with van der Waals surface area (Å²) in [5, 5.41) is 8.42. The van der Waals surface area contributed by atoms with Gasteiger partial charge < -0.3 is 20.7 Å². The van der Waals surface area contributed by atoms with Crippen LogP contribution in [0.3, 0.4) is 0 Å². The number of halogens is 1. The van der Waals surface area contributed by atoms with Crippen LogP contribution in [0, 0.1) is 0 Å². The van der Waals surface area contributed by atoms with Gasteiger partial charge in [-0.3, -0.25) is 4.90 Å². The summed E-state index contributed by atoms with van der Waals surface area (Å²) in [4.78, 5) is 39.2. The maximum Gasteiger partial charge on any atom is 0.337 e. The van der Waals surface area contributed by atoms with Crippen LogP contribution >= 0.6 is 15.9 Å². The van der Waals surface area contributed by atoms with Crippen LogP contribution in [0.1, 0.15) is 31.9 Å². The fourth-order valence-corrected chi connectivity index (χ4v) is 3.95. The highest BCUT2D eigenvalue weighted by Gasteiger charge is 2.36. The molecule has 0 aromatic heterocycles. The number of allylic oxidation sites excluding steroid dienone is 1. The van der Waals surface area contributed by atoms with E-state index in [9.17, 15) is 14.4 Å². The minimum atomic E-state index is -0.696. The van der Waals surface area contributed by atoms with Gasteiger partial charge in [0.1, 0.15) is 0 Å². The van der Waals surface area contributed by atoms with Crippen LogP contribution in [-0.2, 0) is 9.53 Å². The van der Waals surface area contributed by atoms with Crippen molar-refractivity contribution in [2.75, 3.05) is 24.3 Å². The molecule has 0 aliphatic carbocycles. The van der Waals surface area contributed by atoms with Gasteiger partial charge in [0.25, 0.3) is 0 Å². The van der Waals surface area contributed by atoms with Crippen molar-refractivity contribution in [2.24, 2.45) is 0 Å². The van der Waals surface area contributed by atoms with E-state index in [0.717, 1.165) is 10.9 Å². The van der Waals surface area contributed by atoms with Gasteiger partial charge in [0.2, 0.25) is 0 Å². The number of ether oxygens (including phenoxy) is 1. The smallest absolute Gasteiger partial charge is 0.337 e. The number of esters is 1. The first-order valence-corrected chi connectivity index (χ1v) is 10.9. The Morgan fingerprint density at radius 3 is 2.41 bits per heavy atom. The second-order valence-electron chi connectivity index (χ2n) is 7.24. The number of hydrogen-bond donors (Lipinski definition) is 3. The van der Waals surface area contributed by atoms with Crippen molar-refractivity contribution >= 4 is 45.3 Å². The fourth-order valence-electron chi connectivity index (χ4n) is 3.55. The van der Waals surface area contributed by atoms with E-state index in [1.165, 1.54) is 12.0 Å². The number of benzene rings is 2. The Balaban J connectivity index is 1.86. The number of carbonyl (C=O) groups is 3. The lowest BCUT2D eigenvalue weighted by Gasteiger charge is -2.35. The molecule has 0 fully saturated rings. The summed E-state index contributed by atoms with van der Waals surface area (Å²) >= 11 is 3.37. The first-order chi connectivity index (χ1) is 15.3. The van der Waals surface area contributed by atoms with Crippen molar-refractivity contribution in [1.29, 1.82) is 0 Å². The molecule has 3 N–H and O–H groups in total. The van der Waals surface area contributed by atoms with E-state index in [0.29, 0.717) is 34.8 Å². The van der Waals surface area contributed by atoms with Gasteiger partial charge in [0.15, 0.2) is 0 Å². The van der Waals surface area contributed by atoms with Crippen LogP contribution < -0.4 is 16.0 Å². The van der Waals surface area contributed by atoms with Crippen molar-refractivity contribution in [3.63, 3.8) is 0 Å². The SMILES string of the molecule is CCCN1C(=O)NC(c2cccc(NC(=O)Nc3cccc(Br)c3)c2)C(C(=O)OC)=C1C. The second kappa shape index (κ2) is 10.3. The molecule has 1 aliphatic heterocycles. The summed E-state index contributed by atoms with van der Waals surface area (Å²) in [7, 11) is 1.31. The lowest BCUT2D eigenvalue weighted by atomic mass is 9.94. The Labute approximate surface area is 195 Å². The minimum absolute atomic E-state index is 0.284. The van der Waals surface area contributed by atoms with Crippen LogP contribution in [0.15, 0.2) is 64.3 Å². The van der Waals surface area contributed by atoms with Gasteiger partial charge in [-0.05, 0) is 49.2 Å². The lowest BCUT2D eigenvalue weighted by molar-refractivity contribution is -0.136. The largest absolute Gasteiger partial charge is 0.466 e. The molecule has 0 bridgehead atoms. The molecule has 0 saturated heterocycles. The highest BCUT2D eigenvalue weighted by molar-refractivity contribution is 9.10. The van der Waals surface area contributed by atoms with Crippen molar-refractivity contribution < 1.29 is 19.1 Å². The molecule has 1 unspecified atom stereocenters. The van der Waals surface area contributed by atoms with Gasteiger partial charge in [-0.1, -0.05) is 41.1 Å². The van der Waals surface area contributed by atoms with E-state index in [2.05, 4.69) is 31.9 Å². The number of nitrogens with zero attached hydrogens (tertiary/aromatic N) is 1. The number of urea groups is 2. The number of rotatable bonds is 6. The molecule has 9 heteroatoms. The minimum Gasteiger partial charge on any atom is -0.466 e. The van der Waals surface area contributed by atoms with E-state index in [1.807, 2.05) is 19.1 Å². The monoisotopic (exact) mass is 500 g/mol. The number of anilines is 2. The highest BCUT2D eigenvalue weighted by atomic mass is 79.9. The molecule has 1 heterocycles. The fraction of sp³-hybridized carbons (Fsp3) is 0.261. The van der Waals surface area contributed by atoms with Crippen LogP contribution in [0.25, 0.3) is 0 Å². The van der Waals surface area contributed by atoms with Crippen molar-refractivity contribution in [1.82, 2.24) is 10.2 Å². The zero-order valence-electron chi connectivity index (χ0n) is 18.1. The van der Waals surface area contributed by atoms with Gasteiger partial charge in [-0.2, -0.15) is 0 Å². The summed E-state index contributed by atoms with van der Waals surface area (Å²) in [6.45, 7) is 4.18. The quantitative estimate of drug-likeness (QED) is 0.485. The summed E-state index contributed by atoms with van der Waals surface area (Å²) in [5.74, 6) is -0.514. The Hall–Kier alpha value is -3.33. The zero-order chi connectivity index (χ0) is 23.3. The Kier molecular flexibility index (Phi) is 7.53. The number of hydrogen-bond acceptors (Lipinski definition) is 4. The first kappa shape index (κ1) is 23.3. The van der Waals surface area contributed by atoms with Crippen LogP contribution in [-0.4, -0.2) is 36.6 Å². The van der Waals surface area contributed by atoms with Gasteiger partial charge >= 0.3 is 18.0 Å². The lowest BCUT2D eigenvalue weighted by Crippen LogP contribution is -2.48. The third-order valence-corrected chi connectivity index (χ3v) is 5.50. The molecule has 3 rings (SSSR count). The number of nitrogens with one attached hydrogen (secondary N) is 3. The predicted octanol–water partition coefficient (Wildman–Crippen LogP) is 5.02. The first-order valence-electron chi connectivity index (χ1n) is 10.1. The number of carbonyl (C=O) groups excluding carboxylic acids is 3. The number of methoxy groups -OCH3 is 1. The molecule has 0 radical (unpaired) electrons. The molecule has 2 aromatic carbocycles. The highest BCUT2D eigenvalue weighted by Crippen LogP contribution is 2.32. The molecule has 168 valence electrons. The van der Waals surface area contributed by atoms with E-state index in [-0.39, 0.29) is 6.03 Å². The second-order valence-corrected chi connectivity index (χ2v) is 8.16. The Morgan fingerprint density at radius 2 is 1.78 bits per heavy atom. The summed E-state index contributed by atoms with van der Waals surface area (Å²) in [6, 6.07) is 12.8. The van der Waals surface area contributed by atoms with Crippen LogP contribution in [0.4, 0.5) is 21.0 Å². The van der Waals surface area contributed by atoms with Crippen molar-refractivity contribution in [3.8, 4) is 0 Å². The summed E-state index contributed by atoms with van der Waals surface area (Å²) in [5.41, 5.74) is 2.71. The maximum absolute atomic E-state index is 12.7. The van der Waals surface area contributed by atoms with Gasteiger partial charge in [0, 0.05) is 28.1 Å². The van der Waals surface area contributed by atoms with Crippen LogP contribution in [0.5, 0.6) is 0 Å². The van der Waals surface area contributed by atoms with E-state index in [4.69, 9.17) is 4.74 Å². The van der Waals surface area contributed by atoms with Crippen LogP contribution in [0.2, 0.25) is 0 Å². The molecule has 0 saturated carbocycles. The third kappa shape index (κ3) is 5.28. The molecule has 1 atom stereocenters. The van der Waals surface area contributed by atoms with E-state index in [1.54, 1.807) is 43.3 Å². The standard InChI is InChI=1S/C23H25BrN4O4/c1-4-11-28-14(2)19(21(29)32-3)20(27-23(28)31)15-7-5-9-17(12-15)25-22(30)26-18-10-6-8-16(24)13-18/h5-10,12-13,20H,4,11H2,1-3H3,(H,27,31)(H2,25,26,30). The molecule has 2 aromatic rings. The Morgan fingerprint density at radius 1 is 1.12 bits per heavy atom. The maximum atomic E-state index is 12.7. The average Bonchev–Trinajstić information content (AvgIpc) is 2.76. The molecular weight excluding hydrogens is 476 g/mol. The summed E-state index contributed by atoms with van der Waals surface area (Å²) < 4.78 is 5.83. The molecule has 32 heavy (non-hydrogen) atoms. The van der Waals surface area contributed by atoms with Gasteiger partial charge in [0.05, 0.1) is 18.7 Å². The zero-order valence-corrected chi connectivity index (χ0v) is 19.7. The van der Waals surface area contributed by atoms with Gasteiger partial charge in [-0.25, -0.2) is 14.4 Å². The van der Waals surface area contributed by atoms with E-state index < -0.39 is 18.0 Å². The third-order valence-electron chi connectivity index (χ3n) is 5.01. The number of amides is 4. The van der Waals surface area contributed by atoms with E-state index >= 15 is 0 Å². The molecule has 1 aliphatic rings. The molecule has 8 nitrogen and oxygen atoms in total. The molecule has 4 amide bonds. The van der Waals surface area contributed by atoms with Gasteiger partial charge in [-0.15, -0.1) is 0 Å².